The van der Waals surface area contributed by atoms with Crippen LogP contribution in [0.3, 0.4) is 0 Å². The highest BCUT2D eigenvalue weighted by Crippen LogP contribution is 2.35. The highest BCUT2D eigenvalue weighted by molar-refractivity contribution is 6.04. The fourth-order valence-corrected chi connectivity index (χ4v) is 4.17. The zero-order valence-electron chi connectivity index (χ0n) is 22.5. The second-order valence-electron chi connectivity index (χ2n) is 8.86. The molecule has 2 N–H and O–H groups in total. The third-order valence-corrected chi connectivity index (χ3v) is 6.25. The van der Waals surface area contributed by atoms with Gasteiger partial charge in [0, 0.05) is 28.4 Å². The first-order valence-electron chi connectivity index (χ1n) is 12.4. The Kier molecular flexibility index (Phi) is 7.63. The number of aryl methyl sites for hydroxylation is 1. The number of ether oxygens (including phenoxy) is 4. The zero-order valence-corrected chi connectivity index (χ0v) is 22.5. The molecule has 0 aliphatic heterocycles. The maximum absolute atomic E-state index is 12.8. The van der Waals surface area contributed by atoms with Crippen molar-refractivity contribution in [3.63, 3.8) is 0 Å². The molecule has 1 amide bonds. The molecule has 202 valence electrons. The van der Waals surface area contributed by atoms with E-state index in [1.165, 1.54) is 6.33 Å². The van der Waals surface area contributed by atoms with Crippen molar-refractivity contribution in [2.45, 2.75) is 6.92 Å². The number of nitrogens with zero attached hydrogens (tertiary/aromatic N) is 2. The van der Waals surface area contributed by atoms with Crippen LogP contribution in [0.15, 0.2) is 85.2 Å². The second-order valence-corrected chi connectivity index (χ2v) is 8.86. The van der Waals surface area contributed by atoms with Crippen LogP contribution in [-0.2, 0) is 0 Å². The third kappa shape index (κ3) is 5.73. The van der Waals surface area contributed by atoms with E-state index in [2.05, 4.69) is 20.6 Å². The van der Waals surface area contributed by atoms with Gasteiger partial charge in [-0.1, -0.05) is 6.07 Å². The average molecular weight is 537 g/mol. The lowest BCUT2D eigenvalue weighted by Gasteiger charge is -2.14. The minimum atomic E-state index is -0.238. The minimum Gasteiger partial charge on any atom is -0.497 e. The highest BCUT2D eigenvalue weighted by Gasteiger charge is 2.13. The van der Waals surface area contributed by atoms with Crippen molar-refractivity contribution in [3.05, 3.63) is 96.3 Å². The van der Waals surface area contributed by atoms with Crippen molar-refractivity contribution in [1.29, 1.82) is 0 Å². The molecule has 9 heteroatoms. The van der Waals surface area contributed by atoms with Gasteiger partial charge in [-0.15, -0.1) is 0 Å². The number of rotatable bonds is 9. The van der Waals surface area contributed by atoms with Crippen LogP contribution < -0.4 is 29.6 Å². The summed E-state index contributed by atoms with van der Waals surface area (Å²) in [6, 6.07) is 23.6. The van der Waals surface area contributed by atoms with Crippen LogP contribution in [-0.4, -0.2) is 37.2 Å². The summed E-state index contributed by atoms with van der Waals surface area (Å²) in [5, 5.41) is 7.04. The third-order valence-electron chi connectivity index (χ3n) is 6.25. The maximum Gasteiger partial charge on any atom is 0.255 e. The second kappa shape index (κ2) is 11.6. The summed E-state index contributed by atoms with van der Waals surface area (Å²) in [5.41, 5.74) is 3.60. The number of benzene rings is 4. The molecule has 0 unspecified atom stereocenters. The molecule has 0 spiro atoms. The van der Waals surface area contributed by atoms with Gasteiger partial charge in [0.25, 0.3) is 5.91 Å². The van der Waals surface area contributed by atoms with Crippen LogP contribution in [0, 0.1) is 6.92 Å². The molecule has 0 fully saturated rings. The summed E-state index contributed by atoms with van der Waals surface area (Å²) < 4.78 is 22.1. The SMILES string of the molecule is COc1ccc(NC(=O)c2cccc(Oc3ccc(Nc4ncnc5cc(OC)c(OC)cc45)cc3C)c2)cc1. The number of hydrogen-bond donors (Lipinski definition) is 2. The number of nitrogens with one attached hydrogen (secondary N) is 2. The Bertz CT molecular complexity index is 1670. The molecule has 0 saturated heterocycles. The summed E-state index contributed by atoms with van der Waals surface area (Å²) in [6.07, 6.45) is 1.50. The van der Waals surface area contributed by atoms with Gasteiger partial charge in [0.2, 0.25) is 0 Å². The van der Waals surface area contributed by atoms with E-state index in [0.717, 1.165) is 27.9 Å². The Balaban J connectivity index is 1.31. The van der Waals surface area contributed by atoms with Gasteiger partial charge in [-0.25, -0.2) is 9.97 Å². The number of fused-ring (bicyclic) bond motifs is 1. The standard InChI is InChI=1S/C31H28N4O5/c1-19-14-22(34-30-25-16-28(38-3)29(39-4)17-26(25)32-18-33-30)10-13-27(19)40-24-7-5-6-20(15-24)31(36)35-21-8-11-23(37-2)12-9-21/h5-18H,1-4H3,(H,35,36)(H,32,33,34). The molecule has 1 aromatic heterocycles. The van der Waals surface area contributed by atoms with E-state index < -0.39 is 0 Å². The normalized spacial score (nSPS) is 10.6. The van der Waals surface area contributed by atoms with Gasteiger partial charge < -0.3 is 29.6 Å². The molecular formula is C31H28N4O5. The van der Waals surface area contributed by atoms with Gasteiger partial charge in [-0.2, -0.15) is 0 Å². The number of amides is 1. The first-order valence-corrected chi connectivity index (χ1v) is 12.4. The van der Waals surface area contributed by atoms with Crippen LogP contribution in [0.1, 0.15) is 15.9 Å². The van der Waals surface area contributed by atoms with Gasteiger partial charge in [0.1, 0.15) is 29.4 Å². The van der Waals surface area contributed by atoms with Crippen molar-refractivity contribution >= 4 is 34.0 Å². The number of methoxy groups -OCH3 is 3. The Morgan fingerprint density at radius 1 is 0.725 bits per heavy atom. The van der Waals surface area contributed by atoms with Crippen molar-refractivity contribution in [1.82, 2.24) is 9.97 Å². The van der Waals surface area contributed by atoms with Crippen LogP contribution in [0.5, 0.6) is 28.7 Å². The Morgan fingerprint density at radius 3 is 2.20 bits per heavy atom. The molecule has 0 aliphatic carbocycles. The first kappa shape index (κ1) is 26.3. The molecule has 5 aromatic rings. The molecule has 0 saturated carbocycles. The van der Waals surface area contributed by atoms with Crippen molar-refractivity contribution < 1.29 is 23.7 Å². The number of carbonyl (C=O) groups excluding carboxylic acids is 1. The summed E-state index contributed by atoms with van der Waals surface area (Å²) in [7, 11) is 4.77. The van der Waals surface area contributed by atoms with Crippen molar-refractivity contribution in [2.24, 2.45) is 0 Å². The molecule has 1 heterocycles. The Morgan fingerprint density at radius 2 is 1.48 bits per heavy atom. The fraction of sp³-hybridized carbons (Fsp3) is 0.129. The molecule has 9 nitrogen and oxygen atoms in total. The number of hydrogen-bond acceptors (Lipinski definition) is 8. The Hall–Kier alpha value is -5.31. The lowest BCUT2D eigenvalue weighted by molar-refractivity contribution is 0.102. The summed E-state index contributed by atoms with van der Waals surface area (Å²) in [5.74, 6) is 3.52. The lowest BCUT2D eigenvalue weighted by atomic mass is 10.1. The minimum absolute atomic E-state index is 0.238. The first-order chi connectivity index (χ1) is 19.5. The smallest absolute Gasteiger partial charge is 0.255 e. The van der Waals surface area contributed by atoms with Gasteiger partial charge in [0.15, 0.2) is 11.5 Å². The van der Waals surface area contributed by atoms with E-state index in [-0.39, 0.29) is 5.91 Å². The number of aromatic nitrogens is 2. The van der Waals surface area contributed by atoms with E-state index in [0.29, 0.717) is 40.1 Å². The molecule has 0 radical (unpaired) electrons. The van der Waals surface area contributed by atoms with Crippen LogP contribution in [0.4, 0.5) is 17.2 Å². The largest absolute Gasteiger partial charge is 0.497 e. The van der Waals surface area contributed by atoms with E-state index in [1.54, 1.807) is 63.8 Å². The predicted molar refractivity (Wildman–Crippen MR) is 155 cm³/mol. The number of carbonyl (C=O) groups is 1. The quantitative estimate of drug-likeness (QED) is 0.213. The van der Waals surface area contributed by atoms with Crippen LogP contribution in [0.2, 0.25) is 0 Å². The van der Waals surface area contributed by atoms with E-state index in [4.69, 9.17) is 18.9 Å². The molecule has 5 rings (SSSR count). The van der Waals surface area contributed by atoms with Gasteiger partial charge in [0.05, 0.1) is 26.8 Å². The van der Waals surface area contributed by atoms with Crippen molar-refractivity contribution in [3.8, 4) is 28.7 Å². The highest BCUT2D eigenvalue weighted by atomic mass is 16.5. The number of anilines is 3. The van der Waals surface area contributed by atoms with Gasteiger partial charge in [-0.05, 0) is 79.2 Å². The zero-order chi connectivity index (χ0) is 28.1. The van der Waals surface area contributed by atoms with Crippen LogP contribution >= 0.6 is 0 Å². The molecule has 40 heavy (non-hydrogen) atoms. The maximum atomic E-state index is 12.8. The van der Waals surface area contributed by atoms with Crippen LogP contribution in [0.25, 0.3) is 10.9 Å². The average Bonchev–Trinajstić information content (AvgIpc) is 2.98. The Labute approximate surface area is 231 Å². The molecule has 0 atom stereocenters. The van der Waals surface area contributed by atoms with Gasteiger partial charge >= 0.3 is 0 Å². The van der Waals surface area contributed by atoms with Gasteiger partial charge in [-0.3, -0.25) is 4.79 Å². The molecular weight excluding hydrogens is 508 g/mol. The monoisotopic (exact) mass is 536 g/mol. The summed E-state index contributed by atoms with van der Waals surface area (Å²) >= 11 is 0. The summed E-state index contributed by atoms with van der Waals surface area (Å²) in [6.45, 7) is 1.95. The molecule has 4 aromatic carbocycles. The lowest BCUT2D eigenvalue weighted by Crippen LogP contribution is -2.11. The molecule has 0 aliphatic rings. The van der Waals surface area contributed by atoms with E-state index >= 15 is 0 Å². The molecule has 0 bridgehead atoms. The van der Waals surface area contributed by atoms with E-state index in [9.17, 15) is 4.79 Å². The predicted octanol–water partition coefficient (Wildman–Crippen LogP) is 6.75. The van der Waals surface area contributed by atoms with Crippen molar-refractivity contribution in [2.75, 3.05) is 32.0 Å². The summed E-state index contributed by atoms with van der Waals surface area (Å²) in [4.78, 5) is 21.6. The fourth-order valence-electron chi connectivity index (χ4n) is 4.17. The topological polar surface area (TPSA) is 104 Å². The van der Waals surface area contributed by atoms with E-state index in [1.807, 2.05) is 43.3 Å².